The summed E-state index contributed by atoms with van der Waals surface area (Å²) in [4.78, 5) is 26.3. The normalized spacial score (nSPS) is 14.5. The van der Waals surface area contributed by atoms with Crippen molar-refractivity contribution in [2.45, 2.75) is 6.54 Å². The Balaban J connectivity index is 1.98. The number of para-hydroxylation sites is 1. The predicted molar refractivity (Wildman–Crippen MR) is 92.8 cm³/mol. The van der Waals surface area contributed by atoms with Crippen LogP contribution in [0.5, 0.6) is 5.75 Å². The number of hydrogen-bond donors (Lipinski definition) is 0. The Morgan fingerprint density at radius 2 is 1.62 bits per heavy atom. The van der Waals surface area contributed by atoms with Crippen molar-refractivity contribution in [3.63, 3.8) is 0 Å². The third kappa shape index (κ3) is 2.79. The minimum Gasteiger partial charge on any atom is -0.496 e. The highest BCUT2D eigenvalue weighted by atomic mass is 35.5. The molecule has 0 aliphatic carbocycles. The van der Waals surface area contributed by atoms with E-state index in [4.69, 9.17) is 27.9 Å². The third-order valence-electron chi connectivity index (χ3n) is 3.77. The second-order valence-corrected chi connectivity index (χ2v) is 5.96. The summed E-state index contributed by atoms with van der Waals surface area (Å²) in [5.41, 5.74) is 1.31. The van der Waals surface area contributed by atoms with Crippen LogP contribution in [0.3, 0.4) is 0 Å². The number of benzene rings is 2. The lowest BCUT2D eigenvalue weighted by Crippen LogP contribution is -2.30. The molecule has 0 radical (unpaired) electrons. The number of carbonyl (C=O) groups is 2. The summed E-state index contributed by atoms with van der Waals surface area (Å²) < 4.78 is 5.27. The van der Waals surface area contributed by atoms with Crippen molar-refractivity contribution in [3.05, 3.63) is 69.7 Å². The van der Waals surface area contributed by atoms with Crippen LogP contribution in [0.4, 0.5) is 0 Å². The topological polar surface area (TPSA) is 46.6 Å². The van der Waals surface area contributed by atoms with Gasteiger partial charge >= 0.3 is 0 Å². The standard InChI is InChI=1S/C18H13Cl2NO3/c1-24-14-9-5-3-7-12(14)15-16(20)18(23)21(17(15)22)10-11-6-2-4-8-13(11)19/h2-9H,10H2,1H3. The second-order valence-electron chi connectivity index (χ2n) is 5.18. The van der Waals surface area contributed by atoms with Crippen LogP contribution in [-0.4, -0.2) is 23.8 Å². The molecule has 1 aliphatic heterocycles. The van der Waals surface area contributed by atoms with Gasteiger partial charge in [0.2, 0.25) is 0 Å². The first-order chi connectivity index (χ1) is 11.5. The number of amides is 2. The molecular weight excluding hydrogens is 349 g/mol. The van der Waals surface area contributed by atoms with Crippen LogP contribution in [0.25, 0.3) is 5.57 Å². The van der Waals surface area contributed by atoms with Gasteiger partial charge in [-0.15, -0.1) is 0 Å². The Kier molecular flexibility index (Phi) is 4.60. The lowest BCUT2D eigenvalue weighted by molar-refractivity contribution is -0.137. The molecule has 6 heteroatoms. The van der Waals surface area contributed by atoms with Crippen molar-refractivity contribution in [2.24, 2.45) is 0 Å². The number of methoxy groups -OCH3 is 1. The number of hydrogen-bond acceptors (Lipinski definition) is 3. The number of halogens is 2. The van der Waals surface area contributed by atoms with Gasteiger partial charge < -0.3 is 4.74 Å². The minimum atomic E-state index is -0.539. The summed E-state index contributed by atoms with van der Waals surface area (Å²) >= 11 is 12.3. The number of carbonyl (C=O) groups excluding carboxylic acids is 2. The zero-order valence-electron chi connectivity index (χ0n) is 12.8. The maximum Gasteiger partial charge on any atom is 0.273 e. The molecule has 1 heterocycles. The van der Waals surface area contributed by atoms with Crippen molar-refractivity contribution in [1.29, 1.82) is 0 Å². The summed E-state index contributed by atoms with van der Waals surface area (Å²) in [5, 5.41) is 0.372. The molecule has 0 saturated heterocycles. The van der Waals surface area contributed by atoms with Crippen LogP contribution in [-0.2, 0) is 16.1 Å². The van der Waals surface area contributed by atoms with Crippen molar-refractivity contribution in [1.82, 2.24) is 4.90 Å². The molecule has 0 spiro atoms. The first-order valence-corrected chi connectivity index (χ1v) is 7.93. The average molecular weight is 362 g/mol. The van der Waals surface area contributed by atoms with Crippen molar-refractivity contribution in [3.8, 4) is 5.75 Å². The maximum atomic E-state index is 12.8. The molecule has 2 amide bonds. The van der Waals surface area contributed by atoms with E-state index in [0.717, 1.165) is 4.90 Å². The molecule has 24 heavy (non-hydrogen) atoms. The van der Waals surface area contributed by atoms with Gasteiger partial charge in [-0.25, -0.2) is 0 Å². The molecular formula is C18H13Cl2NO3. The van der Waals surface area contributed by atoms with E-state index in [1.165, 1.54) is 7.11 Å². The molecule has 0 unspecified atom stereocenters. The monoisotopic (exact) mass is 361 g/mol. The molecule has 0 N–H and O–H groups in total. The highest BCUT2D eigenvalue weighted by molar-refractivity contribution is 6.55. The smallest absolute Gasteiger partial charge is 0.273 e. The van der Waals surface area contributed by atoms with Crippen LogP contribution < -0.4 is 4.74 Å². The van der Waals surface area contributed by atoms with Gasteiger partial charge in [-0.1, -0.05) is 59.6 Å². The van der Waals surface area contributed by atoms with Crippen molar-refractivity contribution >= 4 is 40.6 Å². The zero-order valence-corrected chi connectivity index (χ0v) is 14.3. The molecule has 0 aromatic heterocycles. The largest absolute Gasteiger partial charge is 0.496 e. The fourth-order valence-corrected chi connectivity index (χ4v) is 3.05. The Bertz CT molecular complexity index is 861. The maximum absolute atomic E-state index is 12.8. The lowest BCUT2D eigenvalue weighted by Gasteiger charge is -2.16. The quantitative estimate of drug-likeness (QED) is 0.776. The molecule has 3 rings (SSSR count). The van der Waals surface area contributed by atoms with E-state index < -0.39 is 11.8 Å². The second kappa shape index (κ2) is 6.67. The molecule has 122 valence electrons. The number of ether oxygens (including phenoxy) is 1. The SMILES string of the molecule is COc1ccccc1C1=C(Cl)C(=O)N(Cc2ccccc2Cl)C1=O. The molecule has 0 bridgehead atoms. The fourth-order valence-electron chi connectivity index (χ4n) is 2.57. The summed E-state index contributed by atoms with van der Waals surface area (Å²) in [7, 11) is 1.50. The molecule has 1 aliphatic rings. The first kappa shape index (κ1) is 16.6. The summed E-state index contributed by atoms with van der Waals surface area (Å²) in [6.07, 6.45) is 0. The minimum absolute atomic E-state index is 0.0617. The van der Waals surface area contributed by atoms with Crippen LogP contribution in [0.15, 0.2) is 53.6 Å². The molecule has 2 aromatic carbocycles. The third-order valence-corrected chi connectivity index (χ3v) is 4.49. The number of nitrogens with zero attached hydrogens (tertiary/aromatic N) is 1. The Labute approximate surface area is 149 Å². The van der Waals surface area contributed by atoms with Crippen molar-refractivity contribution in [2.75, 3.05) is 7.11 Å². The van der Waals surface area contributed by atoms with E-state index in [1.54, 1.807) is 48.5 Å². The Hall–Kier alpha value is -2.30. The van der Waals surface area contributed by atoms with Gasteiger partial charge in [-0.3, -0.25) is 14.5 Å². The van der Waals surface area contributed by atoms with E-state index >= 15 is 0 Å². The predicted octanol–water partition coefficient (Wildman–Crippen LogP) is 3.87. The van der Waals surface area contributed by atoms with Crippen LogP contribution >= 0.6 is 23.2 Å². The summed E-state index contributed by atoms with van der Waals surface area (Å²) in [5.74, 6) is -0.525. The van der Waals surface area contributed by atoms with Gasteiger partial charge in [0, 0.05) is 10.6 Å². The molecule has 0 atom stereocenters. The number of rotatable bonds is 4. The number of imide groups is 1. The van der Waals surface area contributed by atoms with Gasteiger partial charge in [-0.2, -0.15) is 0 Å². The van der Waals surface area contributed by atoms with Gasteiger partial charge in [0.05, 0.1) is 19.2 Å². The van der Waals surface area contributed by atoms with E-state index in [2.05, 4.69) is 0 Å². The van der Waals surface area contributed by atoms with E-state index in [9.17, 15) is 9.59 Å². The molecule has 0 saturated carbocycles. The lowest BCUT2D eigenvalue weighted by atomic mass is 10.0. The van der Waals surface area contributed by atoms with Gasteiger partial charge in [-0.05, 0) is 17.7 Å². The highest BCUT2D eigenvalue weighted by Gasteiger charge is 2.39. The van der Waals surface area contributed by atoms with E-state index in [1.807, 2.05) is 0 Å². The Morgan fingerprint density at radius 1 is 0.958 bits per heavy atom. The molecule has 0 fully saturated rings. The van der Waals surface area contributed by atoms with E-state index in [-0.39, 0.29) is 17.2 Å². The van der Waals surface area contributed by atoms with Crippen LogP contribution in [0.1, 0.15) is 11.1 Å². The molecule has 2 aromatic rings. The summed E-state index contributed by atoms with van der Waals surface area (Å²) in [6, 6.07) is 14.0. The van der Waals surface area contributed by atoms with Gasteiger partial charge in [0.25, 0.3) is 11.8 Å². The average Bonchev–Trinajstić information content (AvgIpc) is 2.80. The van der Waals surface area contributed by atoms with Crippen LogP contribution in [0, 0.1) is 0 Å². The first-order valence-electron chi connectivity index (χ1n) is 7.17. The van der Waals surface area contributed by atoms with Gasteiger partial charge in [0.1, 0.15) is 10.8 Å². The molecule has 4 nitrogen and oxygen atoms in total. The fraction of sp³-hybridized carbons (Fsp3) is 0.111. The van der Waals surface area contributed by atoms with Crippen molar-refractivity contribution < 1.29 is 14.3 Å². The van der Waals surface area contributed by atoms with Gasteiger partial charge in [0.15, 0.2) is 0 Å². The Morgan fingerprint density at radius 3 is 2.33 bits per heavy atom. The zero-order chi connectivity index (χ0) is 17.3. The summed E-state index contributed by atoms with van der Waals surface area (Å²) in [6.45, 7) is 0.0617. The van der Waals surface area contributed by atoms with Crippen LogP contribution in [0.2, 0.25) is 5.02 Å². The van der Waals surface area contributed by atoms with E-state index in [0.29, 0.717) is 21.9 Å². The highest BCUT2D eigenvalue weighted by Crippen LogP contribution is 2.37.